The summed E-state index contributed by atoms with van der Waals surface area (Å²) in [6.07, 6.45) is 5.95. The van der Waals surface area contributed by atoms with E-state index >= 15 is 0 Å². The molecule has 0 nitrogen and oxygen atoms in total. The van der Waals surface area contributed by atoms with Crippen LogP contribution in [0.1, 0.15) is 34.1 Å². The number of allylic oxidation sites excluding steroid dienone is 5. The van der Waals surface area contributed by atoms with E-state index in [2.05, 4.69) is 46.4 Å². The summed E-state index contributed by atoms with van der Waals surface area (Å²) >= 11 is 0. The fourth-order valence-electron chi connectivity index (χ4n) is 1.75. The molecule has 0 fully saturated rings. The lowest BCUT2D eigenvalue weighted by Gasteiger charge is -2.18. The van der Waals surface area contributed by atoms with Crippen LogP contribution in [-0.4, -0.2) is 7.28 Å². The second-order valence-electron chi connectivity index (χ2n) is 4.78. The average Bonchev–Trinajstić information content (AvgIpc) is 2.09. The predicted molar refractivity (Wildman–Crippen MR) is 66.7 cm³/mol. The van der Waals surface area contributed by atoms with E-state index in [0.717, 1.165) is 7.28 Å². The standard InChI is InChI=1S/C13H21B/c1-9(2)12(5)14-13-7-6-10(3)8-11(13)4/h7-10,14H,5-6H2,1-4H3. The summed E-state index contributed by atoms with van der Waals surface area (Å²) in [4.78, 5) is 0. The van der Waals surface area contributed by atoms with Crippen molar-refractivity contribution in [1.29, 1.82) is 0 Å². The second-order valence-corrected chi connectivity index (χ2v) is 4.78. The van der Waals surface area contributed by atoms with Crippen molar-refractivity contribution < 1.29 is 0 Å². The molecule has 1 aliphatic carbocycles. The molecular formula is C13H21B. The maximum absolute atomic E-state index is 4.13. The van der Waals surface area contributed by atoms with E-state index in [9.17, 15) is 0 Å². The molecule has 0 heterocycles. The van der Waals surface area contributed by atoms with Crippen molar-refractivity contribution >= 4 is 7.28 Å². The fourth-order valence-corrected chi connectivity index (χ4v) is 1.75. The molecule has 0 radical (unpaired) electrons. The first-order chi connectivity index (χ1) is 6.50. The fraction of sp³-hybridized carbons (Fsp3) is 0.538. The van der Waals surface area contributed by atoms with Crippen LogP contribution in [-0.2, 0) is 0 Å². The third-order valence-corrected chi connectivity index (χ3v) is 3.01. The lowest BCUT2D eigenvalue weighted by Crippen LogP contribution is -2.10. The highest BCUT2D eigenvalue weighted by Crippen LogP contribution is 2.23. The number of hydrogen-bond acceptors (Lipinski definition) is 0. The van der Waals surface area contributed by atoms with Crippen molar-refractivity contribution in [1.82, 2.24) is 0 Å². The minimum atomic E-state index is 0.600. The molecule has 0 bridgehead atoms. The van der Waals surface area contributed by atoms with Crippen molar-refractivity contribution in [2.24, 2.45) is 11.8 Å². The van der Waals surface area contributed by atoms with Gasteiger partial charge in [0, 0.05) is 0 Å². The van der Waals surface area contributed by atoms with E-state index in [1.165, 1.54) is 22.9 Å². The van der Waals surface area contributed by atoms with Crippen LogP contribution in [0, 0.1) is 11.8 Å². The van der Waals surface area contributed by atoms with Crippen LogP contribution in [0.4, 0.5) is 0 Å². The van der Waals surface area contributed by atoms with E-state index in [1.807, 2.05) is 0 Å². The first-order valence-electron chi connectivity index (χ1n) is 5.56. The van der Waals surface area contributed by atoms with E-state index in [0.29, 0.717) is 11.8 Å². The highest BCUT2D eigenvalue weighted by Gasteiger charge is 2.12. The Bertz CT molecular complexity index is 282. The summed E-state index contributed by atoms with van der Waals surface area (Å²) in [6.45, 7) is 13.1. The van der Waals surface area contributed by atoms with E-state index in [-0.39, 0.29) is 0 Å². The Morgan fingerprint density at radius 3 is 2.71 bits per heavy atom. The molecule has 14 heavy (non-hydrogen) atoms. The van der Waals surface area contributed by atoms with Gasteiger partial charge >= 0.3 is 0 Å². The molecule has 0 aliphatic heterocycles. The molecule has 0 amide bonds. The van der Waals surface area contributed by atoms with Crippen LogP contribution >= 0.6 is 0 Å². The van der Waals surface area contributed by atoms with E-state index in [4.69, 9.17) is 0 Å². The molecule has 76 valence electrons. The zero-order chi connectivity index (χ0) is 10.7. The lowest BCUT2D eigenvalue weighted by atomic mass is 9.56. The molecule has 0 aromatic heterocycles. The van der Waals surface area contributed by atoms with Crippen molar-refractivity contribution in [3.8, 4) is 0 Å². The van der Waals surface area contributed by atoms with Crippen LogP contribution in [0.15, 0.2) is 35.2 Å². The molecule has 0 aromatic rings. The summed E-state index contributed by atoms with van der Waals surface area (Å²) in [5, 5.41) is 0. The third-order valence-electron chi connectivity index (χ3n) is 3.01. The van der Waals surface area contributed by atoms with E-state index < -0.39 is 0 Å². The van der Waals surface area contributed by atoms with Crippen molar-refractivity contribution in [2.75, 3.05) is 0 Å². The quantitative estimate of drug-likeness (QED) is 0.595. The Labute approximate surface area is 89.0 Å². The summed E-state index contributed by atoms with van der Waals surface area (Å²) in [6, 6.07) is 0. The molecule has 1 rings (SSSR count). The topological polar surface area (TPSA) is 0 Å². The van der Waals surface area contributed by atoms with Crippen LogP contribution in [0.3, 0.4) is 0 Å². The Balaban J connectivity index is 2.63. The molecule has 1 atom stereocenters. The minimum Gasteiger partial charge on any atom is -0.108 e. The van der Waals surface area contributed by atoms with Crippen LogP contribution in [0.5, 0.6) is 0 Å². The molecule has 0 saturated carbocycles. The van der Waals surface area contributed by atoms with Gasteiger partial charge in [0.1, 0.15) is 0 Å². The lowest BCUT2D eigenvalue weighted by molar-refractivity contribution is 0.726. The largest absolute Gasteiger partial charge is 0.186 e. The van der Waals surface area contributed by atoms with Gasteiger partial charge in [-0.15, -0.1) is 12.1 Å². The highest BCUT2D eigenvalue weighted by molar-refractivity contribution is 6.55. The van der Waals surface area contributed by atoms with Gasteiger partial charge in [0.05, 0.1) is 0 Å². The number of rotatable bonds is 3. The number of hydrogen-bond donors (Lipinski definition) is 0. The first-order valence-corrected chi connectivity index (χ1v) is 5.56. The van der Waals surface area contributed by atoms with Crippen LogP contribution in [0.2, 0.25) is 0 Å². The summed E-state index contributed by atoms with van der Waals surface area (Å²) in [5.74, 6) is 1.31. The Morgan fingerprint density at radius 1 is 1.57 bits per heavy atom. The average molecular weight is 188 g/mol. The SMILES string of the molecule is C=C(BC1=CCC(C)C=C1C)C(C)C. The zero-order valence-electron chi connectivity index (χ0n) is 9.93. The molecular weight excluding hydrogens is 167 g/mol. The summed E-state index contributed by atoms with van der Waals surface area (Å²) < 4.78 is 0. The Hall–Kier alpha value is -0.715. The summed E-state index contributed by atoms with van der Waals surface area (Å²) in [5.41, 5.74) is 4.28. The predicted octanol–water partition coefficient (Wildman–Crippen LogP) is 3.46. The van der Waals surface area contributed by atoms with Crippen LogP contribution in [0.25, 0.3) is 0 Å². The normalized spacial score (nSPS) is 21.6. The smallest absolute Gasteiger partial charge is 0.108 e. The van der Waals surface area contributed by atoms with Gasteiger partial charge in [-0.3, -0.25) is 0 Å². The molecule has 0 spiro atoms. The third kappa shape index (κ3) is 2.90. The molecule has 0 saturated heterocycles. The first kappa shape index (κ1) is 11.4. The van der Waals surface area contributed by atoms with Gasteiger partial charge in [0.15, 0.2) is 7.28 Å². The maximum atomic E-state index is 4.13. The van der Waals surface area contributed by atoms with Gasteiger partial charge in [-0.25, -0.2) is 0 Å². The van der Waals surface area contributed by atoms with Gasteiger partial charge < -0.3 is 0 Å². The Kier molecular flexibility index (Phi) is 3.80. The maximum Gasteiger partial charge on any atom is 0.186 e. The molecule has 1 heteroatoms. The van der Waals surface area contributed by atoms with E-state index in [1.54, 1.807) is 0 Å². The monoisotopic (exact) mass is 188 g/mol. The van der Waals surface area contributed by atoms with Gasteiger partial charge in [-0.05, 0) is 25.2 Å². The van der Waals surface area contributed by atoms with Crippen molar-refractivity contribution in [3.05, 3.63) is 35.2 Å². The Morgan fingerprint density at radius 2 is 2.21 bits per heavy atom. The van der Waals surface area contributed by atoms with Crippen molar-refractivity contribution in [3.63, 3.8) is 0 Å². The highest BCUT2D eigenvalue weighted by atomic mass is 14.1. The van der Waals surface area contributed by atoms with Gasteiger partial charge in [0.2, 0.25) is 0 Å². The van der Waals surface area contributed by atoms with Crippen LogP contribution < -0.4 is 0 Å². The van der Waals surface area contributed by atoms with Gasteiger partial charge in [-0.1, -0.05) is 44.0 Å². The molecule has 1 unspecified atom stereocenters. The zero-order valence-corrected chi connectivity index (χ0v) is 9.93. The minimum absolute atomic E-state index is 0.600. The molecule has 0 N–H and O–H groups in total. The van der Waals surface area contributed by atoms with Crippen molar-refractivity contribution in [2.45, 2.75) is 34.1 Å². The molecule has 1 aliphatic rings. The van der Waals surface area contributed by atoms with Gasteiger partial charge in [0.25, 0.3) is 0 Å². The molecule has 0 aromatic carbocycles. The second kappa shape index (κ2) is 4.68. The summed E-state index contributed by atoms with van der Waals surface area (Å²) in [7, 11) is 1.06. The van der Waals surface area contributed by atoms with Gasteiger partial charge in [-0.2, -0.15) is 0 Å².